The second kappa shape index (κ2) is 5.82. The molecule has 24 heavy (non-hydrogen) atoms. The number of halogens is 2. The Labute approximate surface area is 139 Å². The largest absolute Gasteiger partial charge is 0.362 e. The Morgan fingerprint density at radius 3 is 2.71 bits per heavy atom. The van der Waals surface area contributed by atoms with Crippen LogP contribution in [0.3, 0.4) is 0 Å². The van der Waals surface area contributed by atoms with Gasteiger partial charge >= 0.3 is 0 Å². The number of fused-ring (bicyclic) bond motifs is 1. The van der Waals surface area contributed by atoms with Gasteiger partial charge in [-0.05, 0) is 50.1 Å². The first-order valence-corrected chi connectivity index (χ1v) is 8.05. The minimum atomic E-state index is -0.883. The topological polar surface area (TPSA) is 29.0 Å². The molecule has 1 saturated carbocycles. The van der Waals surface area contributed by atoms with Gasteiger partial charge in [-0.15, -0.1) is 0 Å². The van der Waals surface area contributed by atoms with Crippen LogP contribution in [0.15, 0.2) is 42.6 Å². The molecule has 122 valence electrons. The highest BCUT2D eigenvalue weighted by Crippen LogP contribution is 2.37. The van der Waals surface area contributed by atoms with E-state index in [-0.39, 0.29) is 5.52 Å². The third kappa shape index (κ3) is 2.70. The Bertz CT molecular complexity index is 892. The van der Waals surface area contributed by atoms with Gasteiger partial charge in [-0.2, -0.15) is 0 Å². The van der Waals surface area contributed by atoms with Gasteiger partial charge in [0.15, 0.2) is 11.6 Å². The van der Waals surface area contributed by atoms with Crippen molar-refractivity contribution in [3.63, 3.8) is 0 Å². The van der Waals surface area contributed by atoms with Gasteiger partial charge in [-0.1, -0.05) is 6.07 Å². The van der Waals surface area contributed by atoms with Gasteiger partial charge in [0, 0.05) is 29.0 Å². The number of benzene rings is 1. The van der Waals surface area contributed by atoms with Crippen LogP contribution in [-0.2, 0) is 6.54 Å². The van der Waals surface area contributed by atoms with Crippen LogP contribution < -0.4 is 4.90 Å². The summed E-state index contributed by atoms with van der Waals surface area (Å²) >= 11 is 0. The molecule has 1 aliphatic rings. The molecule has 0 N–H and O–H groups in total. The minimum Gasteiger partial charge on any atom is -0.362 e. The lowest BCUT2D eigenvalue weighted by atomic mass is 10.1. The minimum absolute atomic E-state index is 0.0941. The average molecular weight is 325 g/mol. The Hall–Kier alpha value is -2.56. The maximum Gasteiger partial charge on any atom is 0.185 e. The lowest BCUT2D eigenvalue weighted by Crippen LogP contribution is -2.26. The van der Waals surface area contributed by atoms with E-state index in [1.54, 1.807) is 19.2 Å². The molecule has 0 spiro atoms. The van der Waals surface area contributed by atoms with Crippen molar-refractivity contribution < 1.29 is 8.78 Å². The molecule has 1 aromatic carbocycles. The first-order chi connectivity index (χ1) is 11.6. The van der Waals surface area contributed by atoms with Gasteiger partial charge in [0.25, 0.3) is 0 Å². The number of hydrogen-bond acceptors (Lipinski definition) is 3. The molecule has 0 saturated heterocycles. The molecule has 0 unspecified atom stereocenters. The van der Waals surface area contributed by atoms with E-state index in [1.165, 1.54) is 6.07 Å². The molecule has 0 radical (unpaired) electrons. The number of hydrogen-bond donors (Lipinski definition) is 0. The molecule has 3 nitrogen and oxygen atoms in total. The quantitative estimate of drug-likeness (QED) is 0.712. The van der Waals surface area contributed by atoms with Gasteiger partial charge in [0.2, 0.25) is 0 Å². The molecule has 0 aliphatic heterocycles. The van der Waals surface area contributed by atoms with Crippen LogP contribution >= 0.6 is 0 Å². The number of rotatable bonds is 4. The Morgan fingerprint density at radius 1 is 1.17 bits per heavy atom. The van der Waals surface area contributed by atoms with Crippen LogP contribution in [0.5, 0.6) is 0 Å². The Morgan fingerprint density at radius 2 is 2.00 bits per heavy atom. The smallest absolute Gasteiger partial charge is 0.185 e. The molecule has 0 amide bonds. The molecule has 2 heterocycles. The van der Waals surface area contributed by atoms with Gasteiger partial charge in [-0.3, -0.25) is 4.98 Å². The number of aromatic nitrogens is 2. The normalized spacial score (nSPS) is 14.1. The second-order valence-electron chi connectivity index (χ2n) is 6.22. The Balaban J connectivity index is 1.85. The van der Waals surface area contributed by atoms with Gasteiger partial charge in [0.1, 0.15) is 5.52 Å². The standard InChI is InChI=1S/C19H17F2N3/c1-12-10-17(15-7-8-16(20)18(21)19(15)23-12)24(14-5-6-14)11-13-4-2-3-9-22-13/h2-4,7-10,14H,5-6,11H2,1H3. The fraction of sp³-hybridized carbons (Fsp3) is 0.263. The molecule has 1 fully saturated rings. The van der Waals surface area contributed by atoms with E-state index >= 15 is 0 Å². The van der Waals surface area contributed by atoms with Crippen LogP contribution in [0, 0.1) is 18.6 Å². The summed E-state index contributed by atoms with van der Waals surface area (Å²) in [5.41, 5.74) is 2.62. The third-order valence-corrected chi connectivity index (χ3v) is 4.33. The van der Waals surface area contributed by atoms with E-state index in [0.29, 0.717) is 23.7 Å². The number of anilines is 1. The molecule has 3 aromatic rings. The molecule has 1 aliphatic carbocycles. The van der Waals surface area contributed by atoms with E-state index in [1.807, 2.05) is 24.3 Å². The predicted molar refractivity (Wildman–Crippen MR) is 89.8 cm³/mol. The number of aryl methyl sites for hydroxylation is 1. The van der Waals surface area contributed by atoms with Crippen molar-refractivity contribution in [3.8, 4) is 0 Å². The zero-order valence-corrected chi connectivity index (χ0v) is 13.3. The van der Waals surface area contributed by atoms with Crippen LogP contribution in [0.4, 0.5) is 14.5 Å². The van der Waals surface area contributed by atoms with Crippen molar-refractivity contribution in [2.45, 2.75) is 32.4 Å². The summed E-state index contributed by atoms with van der Waals surface area (Å²) < 4.78 is 27.8. The third-order valence-electron chi connectivity index (χ3n) is 4.33. The van der Waals surface area contributed by atoms with Crippen molar-refractivity contribution in [2.75, 3.05) is 4.90 Å². The van der Waals surface area contributed by atoms with Crippen molar-refractivity contribution >= 4 is 16.6 Å². The summed E-state index contributed by atoms with van der Waals surface area (Å²) in [4.78, 5) is 10.8. The molecule has 0 atom stereocenters. The zero-order valence-electron chi connectivity index (χ0n) is 13.3. The average Bonchev–Trinajstić information content (AvgIpc) is 3.42. The molecule has 5 heteroatoms. The van der Waals surface area contributed by atoms with E-state index in [9.17, 15) is 8.78 Å². The maximum absolute atomic E-state index is 14.2. The van der Waals surface area contributed by atoms with Crippen LogP contribution in [0.2, 0.25) is 0 Å². The zero-order chi connectivity index (χ0) is 16.7. The number of nitrogens with zero attached hydrogens (tertiary/aromatic N) is 3. The van der Waals surface area contributed by atoms with Crippen LogP contribution in [0.25, 0.3) is 10.9 Å². The first-order valence-electron chi connectivity index (χ1n) is 8.05. The molecular weight excluding hydrogens is 308 g/mol. The highest BCUT2D eigenvalue weighted by molar-refractivity contribution is 5.92. The van der Waals surface area contributed by atoms with Crippen molar-refractivity contribution in [3.05, 3.63) is 65.6 Å². The van der Waals surface area contributed by atoms with Crippen molar-refractivity contribution in [1.82, 2.24) is 9.97 Å². The lowest BCUT2D eigenvalue weighted by Gasteiger charge is -2.26. The number of pyridine rings is 2. The van der Waals surface area contributed by atoms with Crippen molar-refractivity contribution in [2.24, 2.45) is 0 Å². The SMILES string of the molecule is Cc1cc(N(Cc2ccccn2)C2CC2)c2ccc(F)c(F)c2n1. The van der Waals surface area contributed by atoms with E-state index in [4.69, 9.17) is 0 Å². The molecule has 4 rings (SSSR count). The second-order valence-corrected chi connectivity index (χ2v) is 6.22. The summed E-state index contributed by atoms with van der Waals surface area (Å²) in [6, 6.07) is 11.0. The fourth-order valence-corrected chi connectivity index (χ4v) is 3.04. The summed E-state index contributed by atoms with van der Waals surface area (Å²) in [7, 11) is 0. The van der Waals surface area contributed by atoms with Gasteiger partial charge < -0.3 is 4.90 Å². The fourth-order valence-electron chi connectivity index (χ4n) is 3.04. The van der Waals surface area contributed by atoms with Gasteiger partial charge in [-0.25, -0.2) is 13.8 Å². The highest BCUT2D eigenvalue weighted by Gasteiger charge is 2.31. The summed E-state index contributed by atoms with van der Waals surface area (Å²) in [5.74, 6) is -1.75. The summed E-state index contributed by atoms with van der Waals surface area (Å²) in [6.45, 7) is 2.45. The molecule has 0 bridgehead atoms. The van der Waals surface area contributed by atoms with Crippen LogP contribution in [0.1, 0.15) is 24.2 Å². The van der Waals surface area contributed by atoms with E-state index < -0.39 is 11.6 Å². The lowest BCUT2D eigenvalue weighted by molar-refractivity contribution is 0.515. The predicted octanol–water partition coefficient (Wildman–Crippen LogP) is 4.39. The Kier molecular flexibility index (Phi) is 3.63. The van der Waals surface area contributed by atoms with Gasteiger partial charge in [0.05, 0.1) is 12.2 Å². The summed E-state index contributed by atoms with van der Waals surface area (Å²) in [5, 5.41) is 0.641. The maximum atomic E-state index is 14.2. The van der Waals surface area contributed by atoms with Crippen LogP contribution in [-0.4, -0.2) is 16.0 Å². The highest BCUT2D eigenvalue weighted by atomic mass is 19.2. The monoisotopic (exact) mass is 325 g/mol. The molecule has 2 aromatic heterocycles. The van der Waals surface area contributed by atoms with Crippen molar-refractivity contribution in [1.29, 1.82) is 0 Å². The van der Waals surface area contributed by atoms with E-state index in [0.717, 1.165) is 24.2 Å². The van der Waals surface area contributed by atoms with E-state index in [2.05, 4.69) is 14.9 Å². The summed E-state index contributed by atoms with van der Waals surface area (Å²) in [6.07, 6.45) is 3.96. The molecular formula is C19H17F2N3. The first kappa shape index (κ1) is 15.0.